The van der Waals surface area contributed by atoms with Crippen LogP contribution in [0.2, 0.25) is 0 Å². The second-order valence-corrected chi connectivity index (χ2v) is 7.30. The van der Waals surface area contributed by atoms with Crippen molar-refractivity contribution in [1.82, 2.24) is 4.31 Å². The molecule has 2 N–H and O–H groups in total. The molecule has 118 valence electrons. The fraction of sp³-hybridized carbons (Fsp3) is 0.250. The van der Waals surface area contributed by atoms with Crippen molar-refractivity contribution in [3.8, 4) is 0 Å². The Morgan fingerprint density at radius 1 is 1.05 bits per heavy atom. The molecule has 0 spiro atoms. The molecular formula is C16H20N2O3S. The Labute approximate surface area is 131 Å². The fourth-order valence-electron chi connectivity index (χ4n) is 2.01. The van der Waals surface area contributed by atoms with E-state index in [-0.39, 0.29) is 11.5 Å². The topological polar surface area (TPSA) is 69.6 Å². The Kier molecular flexibility index (Phi) is 5.18. The molecule has 0 radical (unpaired) electrons. The van der Waals surface area contributed by atoms with Gasteiger partial charge in [0.1, 0.15) is 0 Å². The van der Waals surface area contributed by atoms with Gasteiger partial charge in [0.05, 0.1) is 11.5 Å². The number of benzene rings is 2. The summed E-state index contributed by atoms with van der Waals surface area (Å²) >= 11 is 0. The minimum absolute atomic E-state index is 0.00785. The van der Waals surface area contributed by atoms with E-state index in [4.69, 9.17) is 5.11 Å². The SMILES string of the molecule is CN(C)S(=O)(=O)c1cccc(CNc2cccc(CO)c2)c1. The molecule has 5 nitrogen and oxygen atoms in total. The first kappa shape index (κ1) is 16.5. The van der Waals surface area contributed by atoms with Crippen LogP contribution in [0, 0.1) is 0 Å². The highest BCUT2D eigenvalue weighted by molar-refractivity contribution is 7.89. The monoisotopic (exact) mass is 320 g/mol. The average molecular weight is 320 g/mol. The molecule has 0 saturated carbocycles. The molecule has 0 saturated heterocycles. The molecule has 0 fully saturated rings. The van der Waals surface area contributed by atoms with Crippen LogP contribution < -0.4 is 5.32 Å². The van der Waals surface area contributed by atoms with Crippen LogP contribution in [0.3, 0.4) is 0 Å². The van der Waals surface area contributed by atoms with Gasteiger partial charge in [-0.05, 0) is 35.4 Å². The molecule has 2 aromatic rings. The van der Waals surface area contributed by atoms with E-state index in [0.29, 0.717) is 6.54 Å². The summed E-state index contributed by atoms with van der Waals surface area (Å²) in [6.07, 6.45) is 0. The second-order valence-electron chi connectivity index (χ2n) is 5.15. The minimum atomic E-state index is -3.42. The minimum Gasteiger partial charge on any atom is -0.392 e. The number of hydrogen-bond donors (Lipinski definition) is 2. The molecule has 6 heteroatoms. The summed E-state index contributed by atoms with van der Waals surface area (Å²) in [6.45, 7) is 0.498. The van der Waals surface area contributed by atoms with E-state index in [1.54, 1.807) is 18.2 Å². The van der Waals surface area contributed by atoms with Crippen molar-refractivity contribution < 1.29 is 13.5 Å². The smallest absolute Gasteiger partial charge is 0.242 e. The highest BCUT2D eigenvalue weighted by atomic mass is 32.2. The van der Waals surface area contributed by atoms with Crippen LogP contribution in [0.1, 0.15) is 11.1 Å². The van der Waals surface area contributed by atoms with E-state index >= 15 is 0 Å². The van der Waals surface area contributed by atoms with Gasteiger partial charge in [-0.2, -0.15) is 0 Å². The molecule has 0 aliphatic heterocycles. The van der Waals surface area contributed by atoms with Crippen molar-refractivity contribution in [3.05, 3.63) is 59.7 Å². The molecule has 0 heterocycles. The van der Waals surface area contributed by atoms with Gasteiger partial charge in [0.15, 0.2) is 0 Å². The first-order valence-electron chi connectivity index (χ1n) is 6.88. The number of nitrogens with zero attached hydrogens (tertiary/aromatic N) is 1. The lowest BCUT2D eigenvalue weighted by atomic mass is 10.2. The maximum absolute atomic E-state index is 12.1. The summed E-state index contributed by atoms with van der Waals surface area (Å²) in [5.74, 6) is 0. The highest BCUT2D eigenvalue weighted by Crippen LogP contribution is 2.17. The maximum atomic E-state index is 12.1. The molecular weight excluding hydrogens is 300 g/mol. The zero-order valence-electron chi connectivity index (χ0n) is 12.7. The largest absolute Gasteiger partial charge is 0.392 e. The lowest BCUT2D eigenvalue weighted by molar-refractivity contribution is 0.282. The molecule has 0 atom stereocenters. The summed E-state index contributed by atoms with van der Waals surface area (Å²) < 4.78 is 25.4. The number of nitrogens with one attached hydrogen (secondary N) is 1. The van der Waals surface area contributed by atoms with Crippen LogP contribution in [0.15, 0.2) is 53.4 Å². The number of aliphatic hydroxyl groups excluding tert-OH is 1. The normalized spacial score (nSPS) is 11.6. The lowest BCUT2D eigenvalue weighted by Gasteiger charge is -2.13. The van der Waals surface area contributed by atoms with E-state index in [1.807, 2.05) is 30.3 Å². The van der Waals surface area contributed by atoms with E-state index in [9.17, 15) is 8.42 Å². The van der Waals surface area contributed by atoms with Gasteiger partial charge in [-0.25, -0.2) is 12.7 Å². The van der Waals surface area contributed by atoms with E-state index in [2.05, 4.69) is 5.32 Å². The van der Waals surface area contributed by atoms with Crippen molar-refractivity contribution >= 4 is 15.7 Å². The molecule has 22 heavy (non-hydrogen) atoms. The van der Waals surface area contributed by atoms with Gasteiger partial charge < -0.3 is 10.4 Å². The summed E-state index contributed by atoms with van der Waals surface area (Å²) in [7, 11) is -0.391. The molecule has 0 amide bonds. The zero-order valence-corrected chi connectivity index (χ0v) is 13.5. The van der Waals surface area contributed by atoms with Gasteiger partial charge >= 0.3 is 0 Å². The number of sulfonamides is 1. The molecule has 0 bridgehead atoms. The molecule has 0 aliphatic rings. The Morgan fingerprint density at radius 2 is 1.73 bits per heavy atom. The third kappa shape index (κ3) is 3.85. The Balaban J connectivity index is 2.14. The van der Waals surface area contributed by atoms with Gasteiger partial charge in [0, 0.05) is 26.3 Å². The number of anilines is 1. The zero-order chi connectivity index (χ0) is 16.2. The first-order chi connectivity index (χ1) is 10.4. The van der Waals surface area contributed by atoms with E-state index < -0.39 is 10.0 Å². The van der Waals surface area contributed by atoms with Crippen LogP contribution in [-0.2, 0) is 23.2 Å². The Morgan fingerprint density at radius 3 is 2.41 bits per heavy atom. The van der Waals surface area contributed by atoms with Crippen molar-refractivity contribution in [2.75, 3.05) is 19.4 Å². The average Bonchev–Trinajstić information content (AvgIpc) is 2.53. The van der Waals surface area contributed by atoms with E-state index in [0.717, 1.165) is 16.8 Å². The summed E-state index contributed by atoms with van der Waals surface area (Å²) in [4.78, 5) is 0.279. The third-order valence-electron chi connectivity index (χ3n) is 3.28. The van der Waals surface area contributed by atoms with Crippen molar-refractivity contribution in [3.63, 3.8) is 0 Å². The highest BCUT2D eigenvalue weighted by Gasteiger charge is 2.16. The molecule has 2 rings (SSSR count). The van der Waals surface area contributed by atoms with Crippen molar-refractivity contribution in [2.24, 2.45) is 0 Å². The number of aliphatic hydroxyl groups is 1. The Hall–Kier alpha value is -1.89. The van der Waals surface area contributed by atoms with Gasteiger partial charge in [0.25, 0.3) is 0 Å². The standard InChI is InChI=1S/C16H20N2O3S/c1-18(2)22(20,21)16-8-4-5-13(10-16)11-17-15-7-3-6-14(9-15)12-19/h3-10,17,19H,11-12H2,1-2H3. The van der Waals surface area contributed by atoms with Crippen LogP contribution in [0.5, 0.6) is 0 Å². The summed E-state index contributed by atoms with van der Waals surface area (Å²) in [5, 5.41) is 12.4. The van der Waals surface area contributed by atoms with Crippen LogP contribution in [-0.4, -0.2) is 31.9 Å². The third-order valence-corrected chi connectivity index (χ3v) is 5.09. The summed E-state index contributed by atoms with van der Waals surface area (Å²) in [6, 6.07) is 14.3. The molecule has 2 aromatic carbocycles. The van der Waals surface area contributed by atoms with Gasteiger partial charge in [-0.15, -0.1) is 0 Å². The molecule has 0 aliphatic carbocycles. The Bertz CT molecular complexity index is 743. The van der Waals surface area contributed by atoms with Gasteiger partial charge in [-0.3, -0.25) is 0 Å². The summed E-state index contributed by atoms with van der Waals surface area (Å²) in [5.41, 5.74) is 2.58. The van der Waals surface area contributed by atoms with Crippen molar-refractivity contribution in [2.45, 2.75) is 18.0 Å². The van der Waals surface area contributed by atoms with Crippen LogP contribution in [0.25, 0.3) is 0 Å². The van der Waals surface area contributed by atoms with Gasteiger partial charge in [0.2, 0.25) is 10.0 Å². The maximum Gasteiger partial charge on any atom is 0.242 e. The number of hydrogen-bond acceptors (Lipinski definition) is 4. The van der Waals surface area contributed by atoms with Crippen molar-refractivity contribution in [1.29, 1.82) is 0 Å². The molecule has 0 unspecified atom stereocenters. The molecule has 0 aromatic heterocycles. The quantitative estimate of drug-likeness (QED) is 0.854. The van der Waals surface area contributed by atoms with Crippen LogP contribution >= 0.6 is 0 Å². The fourth-order valence-corrected chi connectivity index (χ4v) is 2.98. The second kappa shape index (κ2) is 6.91. The lowest BCUT2D eigenvalue weighted by Crippen LogP contribution is -2.22. The first-order valence-corrected chi connectivity index (χ1v) is 8.32. The van der Waals surface area contributed by atoms with E-state index in [1.165, 1.54) is 18.4 Å². The number of rotatable bonds is 6. The predicted octanol–water partition coefficient (Wildman–Crippen LogP) is 2.04. The van der Waals surface area contributed by atoms with Crippen LogP contribution in [0.4, 0.5) is 5.69 Å². The predicted molar refractivity (Wildman–Crippen MR) is 87.0 cm³/mol. The van der Waals surface area contributed by atoms with Gasteiger partial charge in [-0.1, -0.05) is 24.3 Å².